The largest absolute Gasteiger partial charge is 0.456 e. The molecule has 0 aliphatic rings. The summed E-state index contributed by atoms with van der Waals surface area (Å²) in [6, 6.07) is 93.4. The lowest BCUT2D eigenvalue weighted by Crippen LogP contribution is -1.94. The molecule has 2 heteroatoms. The zero-order valence-electron chi connectivity index (χ0n) is 40.1. The molecule has 0 atom stereocenters. The lowest BCUT2D eigenvalue weighted by molar-refractivity contribution is 0.669. The fourth-order valence-corrected chi connectivity index (χ4v) is 12.6. The number of hydrogen-bond acceptors (Lipinski definition) is 2. The third-order valence-electron chi connectivity index (χ3n) is 15.8. The molecule has 0 fully saturated rings. The summed E-state index contributed by atoms with van der Waals surface area (Å²) in [6.07, 6.45) is 0. The third-order valence-corrected chi connectivity index (χ3v) is 15.8. The maximum Gasteiger partial charge on any atom is 0.143 e. The van der Waals surface area contributed by atoms with Crippen molar-refractivity contribution in [1.29, 1.82) is 0 Å². The van der Waals surface area contributed by atoms with Crippen molar-refractivity contribution in [3.8, 4) is 55.6 Å². The Balaban J connectivity index is 1.02. The lowest BCUT2D eigenvalue weighted by Gasteiger charge is -2.21. The topological polar surface area (TPSA) is 26.3 Å². The molecule has 2 aromatic heterocycles. The van der Waals surface area contributed by atoms with E-state index >= 15 is 0 Å². The van der Waals surface area contributed by atoms with Crippen LogP contribution < -0.4 is 0 Å². The van der Waals surface area contributed by atoms with Crippen LogP contribution in [0.5, 0.6) is 0 Å². The third kappa shape index (κ3) is 6.00. The molecular formula is C72H42O2. The molecule has 16 aromatic rings. The molecule has 2 nitrogen and oxygen atoms in total. The molecule has 342 valence electrons. The van der Waals surface area contributed by atoms with Crippen LogP contribution in [0.1, 0.15) is 0 Å². The van der Waals surface area contributed by atoms with Gasteiger partial charge in [0.2, 0.25) is 0 Å². The Morgan fingerprint density at radius 3 is 1.38 bits per heavy atom. The minimum atomic E-state index is 0.887. The lowest BCUT2D eigenvalue weighted by atomic mass is 9.82. The van der Waals surface area contributed by atoms with E-state index in [0.29, 0.717) is 0 Å². The Morgan fingerprint density at radius 2 is 0.649 bits per heavy atom. The van der Waals surface area contributed by atoms with E-state index in [1.54, 1.807) is 0 Å². The molecule has 0 radical (unpaired) electrons. The second-order valence-electron chi connectivity index (χ2n) is 19.8. The second kappa shape index (κ2) is 15.9. The fourth-order valence-electron chi connectivity index (χ4n) is 12.6. The van der Waals surface area contributed by atoms with Crippen molar-refractivity contribution in [2.45, 2.75) is 0 Å². The van der Waals surface area contributed by atoms with Crippen molar-refractivity contribution in [3.05, 3.63) is 255 Å². The van der Waals surface area contributed by atoms with Crippen molar-refractivity contribution < 1.29 is 8.83 Å². The molecule has 0 saturated heterocycles. The normalized spacial score (nSPS) is 12.1. The minimum absolute atomic E-state index is 0.887. The van der Waals surface area contributed by atoms with Gasteiger partial charge in [-0.1, -0.05) is 218 Å². The van der Waals surface area contributed by atoms with Gasteiger partial charge in [0.05, 0.1) is 0 Å². The molecule has 0 aliphatic heterocycles. The van der Waals surface area contributed by atoms with Gasteiger partial charge in [-0.15, -0.1) is 0 Å². The number of benzene rings is 14. The van der Waals surface area contributed by atoms with Crippen molar-refractivity contribution in [3.63, 3.8) is 0 Å². The van der Waals surface area contributed by atoms with E-state index in [0.717, 1.165) is 66.1 Å². The Hall–Kier alpha value is -9.76. The molecule has 74 heavy (non-hydrogen) atoms. The van der Waals surface area contributed by atoms with Gasteiger partial charge in [-0.3, -0.25) is 0 Å². The van der Waals surface area contributed by atoms with Gasteiger partial charge in [-0.2, -0.15) is 0 Å². The summed E-state index contributed by atoms with van der Waals surface area (Å²) in [5, 5.41) is 18.9. The van der Waals surface area contributed by atoms with Gasteiger partial charge in [0.15, 0.2) is 0 Å². The number of rotatable bonds is 5. The van der Waals surface area contributed by atoms with Gasteiger partial charge < -0.3 is 8.83 Å². The summed E-state index contributed by atoms with van der Waals surface area (Å²) >= 11 is 0. The number of para-hydroxylation sites is 3. The van der Waals surface area contributed by atoms with E-state index in [2.05, 4.69) is 255 Å². The predicted octanol–water partition coefficient (Wildman–Crippen LogP) is 20.7. The number of fused-ring (bicyclic) bond motifs is 12. The minimum Gasteiger partial charge on any atom is -0.456 e. The van der Waals surface area contributed by atoms with E-state index in [4.69, 9.17) is 8.83 Å². The van der Waals surface area contributed by atoms with E-state index < -0.39 is 0 Å². The molecule has 2 heterocycles. The van der Waals surface area contributed by atoms with Crippen LogP contribution >= 0.6 is 0 Å². The summed E-state index contributed by atoms with van der Waals surface area (Å²) in [5.74, 6) is 0. The molecule has 0 bridgehead atoms. The SMILES string of the molecule is c1ccc2cc(-c3c4ccccc4c(-c4cccc5c4oc4ccccc45)c4ccc(-c5ccc6c(-c7cccc8oc9ccccc9c78)c7ccccc7c(-c7cccc8ccccc78)c6c5)cc34)ccc2c1. The highest BCUT2D eigenvalue weighted by Crippen LogP contribution is 2.51. The van der Waals surface area contributed by atoms with Gasteiger partial charge >= 0.3 is 0 Å². The zero-order chi connectivity index (χ0) is 48.4. The van der Waals surface area contributed by atoms with Crippen molar-refractivity contribution in [2.24, 2.45) is 0 Å². The molecular weight excluding hydrogens is 897 g/mol. The van der Waals surface area contributed by atoms with Crippen LogP contribution in [-0.2, 0) is 0 Å². The smallest absolute Gasteiger partial charge is 0.143 e. The van der Waals surface area contributed by atoms with Crippen molar-refractivity contribution in [2.75, 3.05) is 0 Å². The number of hydrogen-bond donors (Lipinski definition) is 0. The monoisotopic (exact) mass is 938 g/mol. The average Bonchev–Trinajstić information content (AvgIpc) is 4.07. The predicted molar refractivity (Wildman–Crippen MR) is 313 cm³/mol. The van der Waals surface area contributed by atoms with Crippen LogP contribution in [0.3, 0.4) is 0 Å². The first-order valence-electron chi connectivity index (χ1n) is 25.5. The average molecular weight is 939 g/mol. The summed E-state index contributed by atoms with van der Waals surface area (Å²) in [7, 11) is 0. The standard InChI is InChI=1S/C72H42O2/c1-2-18-45-40-48(35-34-43(45)16-1)67-52-22-5-6-23-53(52)69(61-30-14-28-58-50-21-9-11-31-64(50)74-72(58)61)56-38-36-46(41-62(56)67)47-37-39-57-63(42-47)70(51-27-13-19-44-17-3-4-20-49(44)51)55-25-8-7-24-54(55)68(57)60-29-15-33-66-71(60)59-26-10-12-32-65(59)73-66/h1-42H. The zero-order valence-corrected chi connectivity index (χ0v) is 40.1. The molecule has 0 unspecified atom stereocenters. The highest BCUT2D eigenvalue weighted by molar-refractivity contribution is 6.28. The van der Waals surface area contributed by atoms with E-state index in [1.165, 1.54) is 98.0 Å². The van der Waals surface area contributed by atoms with Crippen LogP contribution in [0.25, 0.3) is 164 Å². The second-order valence-corrected chi connectivity index (χ2v) is 19.8. The maximum atomic E-state index is 6.81. The van der Waals surface area contributed by atoms with Gasteiger partial charge in [0.1, 0.15) is 22.3 Å². The first kappa shape index (κ1) is 40.9. The molecule has 0 spiro atoms. The van der Waals surface area contributed by atoms with Gasteiger partial charge in [0, 0.05) is 32.7 Å². The number of furan rings is 2. The Bertz CT molecular complexity index is 5020. The fraction of sp³-hybridized carbons (Fsp3) is 0. The summed E-state index contributed by atoms with van der Waals surface area (Å²) < 4.78 is 13.4. The first-order valence-corrected chi connectivity index (χ1v) is 25.5. The van der Waals surface area contributed by atoms with E-state index in [1.807, 2.05) is 0 Å². The maximum absolute atomic E-state index is 6.81. The quantitative estimate of drug-likeness (QED) is 0.161. The summed E-state index contributed by atoms with van der Waals surface area (Å²) in [4.78, 5) is 0. The summed E-state index contributed by atoms with van der Waals surface area (Å²) in [5.41, 5.74) is 15.3. The highest BCUT2D eigenvalue weighted by atomic mass is 16.3. The van der Waals surface area contributed by atoms with Crippen LogP contribution in [0.2, 0.25) is 0 Å². The molecule has 0 saturated carbocycles. The van der Waals surface area contributed by atoms with Crippen molar-refractivity contribution >= 4 is 109 Å². The Labute approximate surface area is 425 Å². The molecule has 0 N–H and O–H groups in total. The Kier molecular flexibility index (Phi) is 8.78. The van der Waals surface area contributed by atoms with E-state index in [-0.39, 0.29) is 0 Å². The highest BCUT2D eigenvalue weighted by Gasteiger charge is 2.24. The van der Waals surface area contributed by atoms with Crippen LogP contribution in [0.4, 0.5) is 0 Å². The van der Waals surface area contributed by atoms with Crippen molar-refractivity contribution in [1.82, 2.24) is 0 Å². The first-order chi connectivity index (χ1) is 36.7. The molecule has 14 aromatic carbocycles. The van der Waals surface area contributed by atoms with Crippen LogP contribution in [0, 0.1) is 0 Å². The molecule has 0 aliphatic carbocycles. The summed E-state index contributed by atoms with van der Waals surface area (Å²) in [6.45, 7) is 0. The van der Waals surface area contributed by atoms with Gasteiger partial charge in [-0.25, -0.2) is 0 Å². The van der Waals surface area contributed by atoms with Crippen LogP contribution in [-0.4, -0.2) is 0 Å². The molecule has 0 amide bonds. The van der Waals surface area contributed by atoms with Crippen LogP contribution in [0.15, 0.2) is 264 Å². The molecule has 16 rings (SSSR count). The Morgan fingerprint density at radius 1 is 0.203 bits per heavy atom. The van der Waals surface area contributed by atoms with Gasteiger partial charge in [-0.05, 0) is 146 Å². The van der Waals surface area contributed by atoms with Gasteiger partial charge in [0.25, 0.3) is 0 Å². The van der Waals surface area contributed by atoms with E-state index in [9.17, 15) is 0 Å².